The molecule has 7 heteroatoms. The van der Waals surface area contributed by atoms with Crippen LogP contribution in [0.15, 0.2) is 84.9 Å². The van der Waals surface area contributed by atoms with Crippen LogP contribution in [0.5, 0.6) is 0 Å². The van der Waals surface area contributed by atoms with Crippen LogP contribution >= 0.6 is 22.9 Å². The van der Waals surface area contributed by atoms with Gasteiger partial charge in [0.1, 0.15) is 11.4 Å². The average molecular weight is 464 g/mol. The molecular weight excluding hydrogens is 446 g/mol. The van der Waals surface area contributed by atoms with Crippen molar-refractivity contribution in [3.05, 3.63) is 106 Å². The molecule has 0 saturated carbocycles. The summed E-state index contributed by atoms with van der Waals surface area (Å²) in [5, 5.41) is 3.66. The highest BCUT2D eigenvalue weighted by atomic mass is 35.5. The van der Waals surface area contributed by atoms with E-state index in [0.717, 1.165) is 10.1 Å². The molecule has 0 aliphatic carbocycles. The van der Waals surface area contributed by atoms with Gasteiger partial charge in [0.05, 0.1) is 5.02 Å². The first-order valence-electron chi connectivity index (χ1n) is 9.83. The molecule has 0 spiro atoms. The summed E-state index contributed by atoms with van der Waals surface area (Å²) in [6, 6.07) is 24.8. The van der Waals surface area contributed by atoms with Gasteiger partial charge < -0.3 is 10.1 Å². The van der Waals surface area contributed by atoms with Crippen molar-refractivity contribution in [3.8, 4) is 0 Å². The first-order chi connectivity index (χ1) is 15.5. The second-order valence-electron chi connectivity index (χ2n) is 6.93. The van der Waals surface area contributed by atoms with Crippen molar-refractivity contribution in [1.29, 1.82) is 0 Å². The number of carbonyl (C=O) groups excluding carboxylic acids is 3. The van der Waals surface area contributed by atoms with Crippen LogP contribution < -0.4 is 5.32 Å². The summed E-state index contributed by atoms with van der Waals surface area (Å²) in [6.07, 6.45) is -1.11. The van der Waals surface area contributed by atoms with Crippen LogP contribution in [-0.2, 0) is 9.53 Å². The lowest BCUT2D eigenvalue weighted by molar-refractivity contribution is -0.146. The van der Waals surface area contributed by atoms with Gasteiger partial charge in [-0.05, 0) is 6.07 Å². The standard InChI is InChI=1S/C25H18ClNO4S/c26-21-18-13-7-8-14-19(18)32-24(21)25(30)27-15-20(28)31-23(17-11-5-2-6-12-17)22(29)16-9-3-1-4-10-16/h1-14,23H,15H2,(H,27,30). The normalized spacial score (nSPS) is 11.7. The molecule has 160 valence electrons. The summed E-state index contributed by atoms with van der Waals surface area (Å²) < 4.78 is 6.37. The zero-order chi connectivity index (χ0) is 22.5. The molecule has 0 bridgehead atoms. The van der Waals surface area contributed by atoms with E-state index >= 15 is 0 Å². The zero-order valence-electron chi connectivity index (χ0n) is 16.8. The number of ether oxygens (including phenoxy) is 1. The number of esters is 1. The molecule has 4 rings (SSSR count). The van der Waals surface area contributed by atoms with Crippen molar-refractivity contribution in [2.24, 2.45) is 0 Å². The fourth-order valence-electron chi connectivity index (χ4n) is 3.22. The van der Waals surface area contributed by atoms with Crippen LogP contribution in [-0.4, -0.2) is 24.2 Å². The van der Waals surface area contributed by atoms with Crippen molar-refractivity contribution < 1.29 is 19.1 Å². The second-order valence-corrected chi connectivity index (χ2v) is 8.37. The van der Waals surface area contributed by atoms with Crippen LogP contribution in [0.25, 0.3) is 10.1 Å². The maximum atomic E-state index is 13.0. The second kappa shape index (κ2) is 9.77. The molecule has 0 saturated heterocycles. The molecule has 1 N–H and O–H groups in total. The van der Waals surface area contributed by atoms with Crippen molar-refractivity contribution in [1.82, 2.24) is 5.32 Å². The van der Waals surface area contributed by atoms with Gasteiger partial charge in [-0.2, -0.15) is 0 Å². The van der Waals surface area contributed by atoms with Gasteiger partial charge in [-0.3, -0.25) is 14.4 Å². The SMILES string of the molecule is O=C(CNC(=O)c1sc2ccccc2c1Cl)OC(C(=O)c1ccccc1)c1ccccc1. The molecule has 0 aliphatic heterocycles. The van der Waals surface area contributed by atoms with E-state index in [1.54, 1.807) is 54.6 Å². The largest absolute Gasteiger partial charge is 0.448 e. The van der Waals surface area contributed by atoms with Gasteiger partial charge in [0, 0.05) is 21.2 Å². The Morgan fingerprint density at radius 3 is 2.19 bits per heavy atom. The molecule has 1 aromatic heterocycles. The van der Waals surface area contributed by atoms with Crippen LogP contribution in [0.1, 0.15) is 31.7 Å². The summed E-state index contributed by atoms with van der Waals surface area (Å²) in [5.41, 5.74) is 0.976. The molecule has 0 aliphatic rings. The lowest BCUT2D eigenvalue weighted by Gasteiger charge is -2.17. The van der Waals surface area contributed by atoms with Crippen molar-refractivity contribution in [2.75, 3.05) is 6.54 Å². The average Bonchev–Trinajstić information content (AvgIpc) is 3.18. The number of Topliss-reactive ketones (excluding diaryl/α,β-unsaturated/α-hetero) is 1. The highest BCUT2D eigenvalue weighted by Gasteiger charge is 2.26. The third-order valence-electron chi connectivity index (χ3n) is 4.78. The lowest BCUT2D eigenvalue weighted by Crippen LogP contribution is -2.32. The van der Waals surface area contributed by atoms with Gasteiger partial charge in [0.2, 0.25) is 5.78 Å². The third-order valence-corrected chi connectivity index (χ3v) is 6.46. The number of hydrogen-bond acceptors (Lipinski definition) is 5. The Bertz CT molecular complexity index is 1270. The number of fused-ring (bicyclic) bond motifs is 1. The van der Waals surface area contributed by atoms with E-state index in [1.807, 2.05) is 30.3 Å². The summed E-state index contributed by atoms with van der Waals surface area (Å²) in [4.78, 5) is 38.5. The Balaban J connectivity index is 1.47. The van der Waals surface area contributed by atoms with Gasteiger partial charge in [-0.25, -0.2) is 0 Å². The van der Waals surface area contributed by atoms with Gasteiger partial charge in [-0.15, -0.1) is 11.3 Å². The number of hydrogen-bond donors (Lipinski definition) is 1. The summed E-state index contributed by atoms with van der Waals surface area (Å²) in [5.74, 6) is -1.54. The molecular formula is C25H18ClNO4S. The number of carbonyl (C=O) groups is 3. The van der Waals surface area contributed by atoms with Crippen molar-refractivity contribution in [3.63, 3.8) is 0 Å². The van der Waals surface area contributed by atoms with E-state index in [0.29, 0.717) is 21.0 Å². The van der Waals surface area contributed by atoms with Gasteiger partial charge in [-0.1, -0.05) is 90.5 Å². The molecule has 1 heterocycles. The van der Waals surface area contributed by atoms with Crippen LogP contribution in [0.2, 0.25) is 5.02 Å². The number of halogens is 1. The Labute approximate surface area is 193 Å². The minimum absolute atomic E-state index is 0.320. The smallest absolute Gasteiger partial charge is 0.326 e. The van der Waals surface area contributed by atoms with E-state index in [4.69, 9.17) is 16.3 Å². The fourth-order valence-corrected chi connectivity index (χ4v) is 4.65. The fraction of sp³-hybridized carbons (Fsp3) is 0.0800. The first kappa shape index (κ1) is 21.7. The Morgan fingerprint density at radius 1 is 0.875 bits per heavy atom. The predicted octanol–water partition coefficient (Wildman–Crippen LogP) is 5.45. The molecule has 1 atom stereocenters. The van der Waals surface area contributed by atoms with E-state index in [-0.39, 0.29) is 5.78 Å². The number of thiophene rings is 1. The van der Waals surface area contributed by atoms with Crippen molar-refractivity contribution in [2.45, 2.75) is 6.10 Å². The van der Waals surface area contributed by atoms with Crippen LogP contribution in [0.3, 0.4) is 0 Å². The minimum Gasteiger partial charge on any atom is -0.448 e. The highest BCUT2D eigenvalue weighted by Crippen LogP contribution is 2.35. The van der Waals surface area contributed by atoms with Gasteiger partial charge >= 0.3 is 5.97 Å². The molecule has 32 heavy (non-hydrogen) atoms. The van der Waals surface area contributed by atoms with E-state index < -0.39 is 24.5 Å². The van der Waals surface area contributed by atoms with E-state index in [2.05, 4.69) is 5.32 Å². The number of rotatable bonds is 7. The van der Waals surface area contributed by atoms with E-state index in [1.165, 1.54) is 11.3 Å². The summed E-state index contributed by atoms with van der Waals surface area (Å²) in [7, 11) is 0. The number of benzene rings is 3. The highest BCUT2D eigenvalue weighted by molar-refractivity contribution is 7.21. The Hall–Kier alpha value is -3.48. The molecule has 1 amide bonds. The number of nitrogens with one attached hydrogen (secondary N) is 1. The molecule has 4 aromatic rings. The monoisotopic (exact) mass is 463 g/mol. The molecule has 0 fully saturated rings. The molecule has 1 unspecified atom stereocenters. The van der Waals surface area contributed by atoms with Crippen LogP contribution in [0.4, 0.5) is 0 Å². The van der Waals surface area contributed by atoms with Gasteiger partial charge in [0.15, 0.2) is 6.10 Å². The Kier molecular flexibility index (Phi) is 6.63. The number of amides is 1. The maximum absolute atomic E-state index is 13.0. The van der Waals surface area contributed by atoms with Crippen LogP contribution in [0, 0.1) is 0 Å². The zero-order valence-corrected chi connectivity index (χ0v) is 18.4. The summed E-state index contributed by atoms with van der Waals surface area (Å²) >= 11 is 7.58. The minimum atomic E-state index is -1.11. The third kappa shape index (κ3) is 4.72. The molecule has 5 nitrogen and oxygen atoms in total. The van der Waals surface area contributed by atoms with Crippen molar-refractivity contribution >= 4 is 50.7 Å². The van der Waals surface area contributed by atoms with Gasteiger partial charge in [0.25, 0.3) is 5.91 Å². The maximum Gasteiger partial charge on any atom is 0.326 e. The first-order valence-corrected chi connectivity index (χ1v) is 11.0. The summed E-state index contributed by atoms with van der Waals surface area (Å²) in [6.45, 7) is -0.394. The Morgan fingerprint density at radius 2 is 1.50 bits per heavy atom. The molecule has 0 radical (unpaired) electrons. The quantitative estimate of drug-likeness (QED) is 0.292. The predicted molar refractivity (Wildman–Crippen MR) is 125 cm³/mol. The number of ketones is 1. The topological polar surface area (TPSA) is 72.5 Å². The molecule has 3 aromatic carbocycles. The van der Waals surface area contributed by atoms with E-state index in [9.17, 15) is 14.4 Å². The lowest BCUT2D eigenvalue weighted by atomic mass is 10.00.